The highest BCUT2D eigenvalue weighted by atomic mass is 79.9. The second kappa shape index (κ2) is 9.21. The topological polar surface area (TPSA) is 84.8 Å². The van der Waals surface area contributed by atoms with Gasteiger partial charge in [0.15, 0.2) is 0 Å². The zero-order valence-electron chi connectivity index (χ0n) is 14.7. The zero-order valence-corrected chi connectivity index (χ0v) is 17.9. The maximum absolute atomic E-state index is 12.1. The van der Waals surface area contributed by atoms with E-state index in [1.165, 1.54) is 30.5 Å². The van der Waals surface area contributed by atoms with Crippen LogP contribution >= 0.6 is 27.5 Å². The van der Waals surface area contributed by atoms with Gasteiger partial charge < -0.3 is 4.74 Å². The van der Waals surface area contributed by atoms with E-state index in [-0.39, 0.29) is 4.90 Å². The summed E-state index contributed by atoms with van der Waals surface area (Å²) in [7, 11) is -3.78. The summed E-state index contributed by atoms with van der Waals surface area (Å²) in [6.07, 6.45) is 1.34. The van der Waals surface area contributed by atoms with Crippen LogP contribution in [0.1, 0.15) is 15.9 Å². The van der Waals surface area contributed by atoms with Crippen LogP contribution in [0, 0.1) is 0 Å². The van der Waals surface area contributed by atoms with Crippen molar-refractivity contribution in [1.82, 2.24) is 4.83 Å². The highest BCUT2D eigenvalue weighted by Crippen LogP contribution is 2.16. The van der Waals surface area contributed by atoms with Crippen molar-refractivity contribution in [3.63, 3.8) is 0 Å². The molecular weight excluding hydrogens is 480 g/mol. The number of hydrogen-bond acceptors (Lipinski definition) is 5. The van der Waals surface area contributed by atoms with Crippen molar-refractivity contribution in [2.75, 3.05) is 0 Å². The molecule has 3 aromatic carbocycles. The molecule has 0 saturated heterocycles. The quantitative estimate of drug-likeness (QED) is 0.235. The van der Waals surface area contributed by atoms with Gasteiger partial charge in [0, 0.05) is 9.50 Å². The number of carbonyl (C=O) groups excluding carboxylic acids is 1. The molecule has 0 radical (unpaired) electrons. The normalized spacial score (nSPS) is 11.4. The second-order valence-corrected chi connectivity index (χ2v) is 8.79. The molecule has 0 aliphatic carbocycles. The number of hydrogen-bond donors (Lipinski definition) is 1. The van der Waals surface area contributed by atoms with Crippen LogP contribution < -0.4 is 9.57 Å². The van der Waals surface area contributed by atoms with Gasteiger partial charge in [-0.25, -0.2) is 9.63 Å². The van der Waals surface area contributed by atoms with E-state index < -0.39 is 16.0 Å². The van der Waals surface area contributed by atoms with Gasteiger partial charge in [-0.1, -0.05) is 27.5 Å². The summed E-state index contributed by atoms with van der Waals surface area (Å²) in [4.78, 5) is 14.3. The van der Waals surface area contributed by atoms with Crippen molar-refractivity contribution in [3.8, 4) is 5.75 Å². The number of esters is 1. The maximum Gasteiger partial charge on any atom is 0.343 e. The van der Waals surface area contributed by atoms with Gasteiger partial charge >= 0.3 is 5.97 Å². The minimum atomic E-state index is -3.78. The van der Waals surface area contributed by atoms with Gasteiger partial charge in [0.1, 0.15) is 5.75 Å². The van der Waals surface area contributed by atoms with Crippen LogP contribution in [0.4, 0.5) is 0 Å². The van der Waals surface area contributed by atoms with Crippen LogP contribution in [-0.2, 0) is 10.0 Å². The van der Waals surface area contributed by atoms with E-state index >= 15 is 0 Å². The molecule has 9 heteroatoms. The lowest BCUT2D eigenvalue weighted by molar-refractivity contribution is 0.0734. The first-order valence-corrected chi connectivity index (χ1v) is 10.9. The lowest BCUT2D eigenvalue weighted by Gasteiger charge is -2.05. The summed E-state index contributed by atoms with van der Waals surface area (Å²) in [6.45, 7) is 0. The third kappa shape index (κ3) is 5.90. The predicted octanol–water partition coefficient (Wildman–Crippen LogP) is 4.63. The molecule has 0 heterocycles. The van der Waals surface area contributed by atoms with Crippen LogP contribution in [0.5, 0.6) is 5.75 Å². The maximum atomic E-state index is 12.1. The highest BCUT2D eigenvalue weighted by molar-refractivity contribution is 9.10. The Balaban J connectivity index is 1.60. The third-order valence-corrected chi connectivity index (χ3v) is 5.70. The van der Waals surface area contributed by atoms with E-state index in [0.29, 0.717) is 21.9 Å². The average Bonchev–Trinajstić information content (AvgIpc) is 2.70. The number of nitrogens with zero attached hydrogens (tertiary/aromatic N) is 1. The number of benzene rings is 3. The van der Waals surface area contributed by atoms with Gasteiger partial charge in [-0.3, -0.25) is 0 Å². The number of sulfonamides is 1. The minimum Gasteiger partial charge on any atom is -0.423 e. The van der Waals surface area contributed by atoms with Crippen molar-refractivity contribution in [3.05, 3.63) is 93.4 Å². The molecule has 0 bridgehead atoms. The number of halogens is 2. The monoisotopic (exact) mass is 492 g/mol. The molecular formula is C20H14BrClN2O4S. The largest absolute Gasteiger partial charge is 0.423 e. The fourth-order valence-corrected chi connectivity index (χ4v) is 3.39. The van der Waals surface area contributed by atoms with Crippen molar-refractivity contribution in [2.24, 2.45) is 5.10 Å². The Morgan fingerprint density at radius 1 is 0.966 bits per heavy atom. The Kier molecular flexibility index (Phi) is 6.68. The van der Waals surface area contributed by atoms with Gasteiger partial charge in [-0.2, -0.15) is 13.5 Å². The minimum absolute atomic E-state index is 0.0502. The lowest BCUT2D eigenvalue weighted by atomic mass is 10.2. The molecule has 0 atom stereocenters. The molecule has 29 heavy (non-hydrogen) atoms. The summed E-state index contributed by atoms with van der Waals surface area (Å²) in [5, 5.41) is 4.19. The van der Waals surface area contributed by atoms with E-state index in [9.17, 15) is 13.2 Å². The number of nitrogens with one attached hydrogen (secondary N) is 1. The lowest BCUT2D eigenvalue weighted by Crippen LogP contribution is -2.18. The number of hydrazone groups is 1. The molecule has 1 N–H and O–H groups in total. The number of ether oxygens (including phenoxy) is 1. The summed E-state index contributed by atoms with van der Waals surface area (Å²) in [5.74, 6) is -0.119. The van der Waals surface area contributed by atoms with Gasteiger partial charge in [0.25, 0.3) is 10.0 Å². The molecule has 0 spiro atoms. The van der Waals surface area contributed by atoms with Crippen LogP contribution in [0.25, 0.3) is 0 Å². The van der Waals surface area contributed by atoms with Crippen LogP contribution in [-0.4, -0.2) is 20.6 Å². The first-order chi connectivity index (χ1) is 13.8. The fourth-order valence-electron chi connectivity index (χ4n) is 2.21. The average molecular weight is 494 g/mol. The molecule has 0 saturated carbocycles. The van der Waals surface area contributed by atoms with Gasteiger partial charge in [0.05, 0.1) is 16.7 Å². The zero-order chi connectivity index (χ0) is 20.9. The molecule has 0 aliphatic heterocycles. The van der Waals surface area contributed by atoms with Gasteiger partial charge in [-0.05, 0) is 78.4 Å². The van der Waals surface area contributed by atoms with E-state index in [1.807, 2.05) is 0 Å². The molecule has 148 valence electrons. The number of carbonyl (C=O) groups is 1. The second-order valence-electron chi connectivity index (χ2n) is 5.77. The molecule has 0 amide bonds. The summed E-state index contributed by atoms with van der Waals surface area (Å²) in [5.41, 5.74) is 1.04. The Morgan fingerprint density at radius 2 is 1.59 bits per heavy atom. The molecule has 0 aromatic heterocycles. The first-order valence-electron chi connectivity index (χ1n) is 8.22. The summed E-state index contributed by atoms with van der Waals surface area (Å²) < 4.78 is 30.4. The summed E-state index contributed by atoms with van der Waals surface area (Å²) >= 11 is 9.06. The fraction of sp³-hybridized carbons (Fsp3) is 0. The predicted molar refractivity (Wildman–Crippen MR) is 115 cm³/mol. The van der Waals surface area contributed by atoms with E-state index in [4.69, 9.17) is 16.3 Å². The molecule has 0 unspecified atom stereocenters. The number of rotatable bonds is 6. The standard InChI is InChI=1S/C20H14BrClN2O4S/c21-16-5-3-15(4-6-16)20(25)28-18-9-1-14(2-10-18)13-23-24-29(26,27)19-11-7-17(22)8-12-19/h1-13,24H. The first kappa shape index (κ1) is 21.0. The van der Waals surface area contributed by atoms with E-state index in [0.717, 1.165) is 4.47 Å². The molecule has 3 rings (SSSR count). The Bertz CT molecular complexity index is 1130. The van der Waals surface area contributed by atoms with Crippen LogP contribution in [0.15, 0.2) is 87.3 Å². The van der Waals surface area contributed by atoms with Crippen molar-refractivity contribution >= 4 is 49.7 Å². The van der Waals surface area contributed by atoms with E-state index in [1.54, 1.807) is 48.5 Å². The molecule has 6 nitrogen and oxygen atoms in total. The molecule has 0 fully saturated rings. The Morgan fingerprint density at radius 3 is 2.21 bits per heavy atom. The third-order valence-electron chi connectivity index (χ3n) is 3.68. The summed E-state index contributed by atoms with van der Waals surface area (Å²) in [6, 6.07) is 19.0. The van der Waals surface area contributed by atoms with Crippen molar-refractivity contribution < 1.29 is 17.9 Å². The van der Waals surface area contributed by atoms with Crippen LogP contribution in [0.2, 0.25) is 5.02 Å². The molecule has 0 aliphatic rings. The smallest absolute Gasteiger partial charge is 0.343 e. The van der Waals surface area contributed by atoms with Crippen LogP contribution in [0.3, 0.4) is 0 Å². The van der Waals surface area contributed by atoms with Crippen molar-refractivity contribution in [2.45, 2.75) is 4.90 Å². The van der Waals surface area contributed by atoms with Crippen molar-refractivity contribution in [1.29, 1.82) is 0 Å². The van der Waals surface area contributed by atoms with Gasteiger partial charge in [-0.15, -0.1) is 0 Å². The van der Waals surface area contributed by atoms with Gasteiger partial charge in [0.2, 0.25) is 0 Å². The Hall–Kier alpha value is -2.68. The SMILES string of the molecule is O=C(Oc1ccc(C=NNS(=O)(=O)c2ccc(Cl)cc2)cc1)c1ccc(Br)cc1. The Labute approximate surface area is 181 Å². The van der Waals surface area contributed by atoms with E-state index in [2.05, 4.69) is 25.9 Å². The highest BCUT2D eigenvalue weighted by Gasteiger charge is 2.12. The molecule has 3 aromatic rings.